The average Bonchev–Trinajstić information content (AvgIpc) is 2.57. The molecule has 25 heavy (non-hydrogen) atoms. The zero-order chi connectivity index (χ0) is 18.3. The van der Waals surface area contributed by atoms with Gasteiger partial charge in [0, 0.05) is 11.8 Å². The maximum atomic E-state index is 11.5. The average molecular weight is 383 g/mol. The molecule has 0 saturated carbocycles. The molecule has 136 valence electrons. The van der Waals surface area contributed by atoms with Crippen molar-refractivity contribution in [2.24, 2.45) is 0 Å². The predicted molar refractivity (Wildman–Crippen MR) is 101 cm³/mol. The van der Waals surface area contributed by atoms with Crippen molar-refractivity contribution in [1.29, 1.82) is 0 Å². The number of thioether (sulfide) groups is 1. The highest BCUT2D eigenvalue weighted by Crippen LogP contribution is 2.23. The molecule has 0 amide bonds. The normalized spacial score (nSPS) is 12.6. The van der Waals surface area contributed by atoms with Crippen LogP contribution >= 0.6 is 11.8 Å². The molecule has 0 aliphatic rings. The van der Waals surface area contributed by atoms with Crippen molar-refractivity contribution in [3.8, 4) is 0 Å². The summed E-state index contributed by atoms with van der Waals surface area (Å²) in [6, 6.07) is 11.2. The van der Waals surface area contributed by atoms with Gasteiger partial charge in [-0.2, -0.15) is 0 Å². The number of anilines is 2. The Balaban J connectivity index is 2.22. The molecule has 1 aromatic carbocycles. The minimum Gasteiger partial charge on any atom is -0.394 e. The van der Waals surface area contributed by atoms with Crippen molar-refractivity contribution >= 4 is 33.4 Å². The van der Waals surface area contributed by atoms with Crippen LogP contribution in [0, 0.1) is 0 Å². The van der Waals surface area contributed by atoms with E-state index in [1.54, 1.807) is 0 Å². The molecule has 1 atom stereocenters. The molecule has 0 aliphatic heterocycles. The summed E-state index contributed by atoms with van der Waals surface area (Å²) < 4.78 is 25.4. The Morgan fingerprint density at radius 2 is 1.88 bits per heavy atom. The molecule has 3 N–H and O–H groups in total. The van der Waals surface area contributed by atoms with Crippen molar-refractivity contribution in [2.45, 2.75) is 30.3 Å². The van der Waals surface area contributed by atoms with Gasteiger partial charge in [0.2, 0.25) is 10.0 Å². The van der Waals surface area contributed by atoms with E-state index in [0.717, 1.165) is 11.8 Å². The first-order chi connectivity index (χ1) is 11.9. The Labute approximate surface area is 152 Å². The van der Waals surface area contributed by atoms with Gasteiger partial charge in [-0.05, 0) is 12.0 Å². The summed E-state index contributed by atoms with van der Waals surface area (Å²) in [6.07, 6.45) is 1.78. The number of sulfonamides is 1. The van der Waals surface area contributed by atoms with Crippen LogP contribution in [0.15, 0.2) is 41.6 Å². The van der Waals surface area contributed by atoms with Gasteiger partial charge in [0.15, 0.2) is 5.16 Å². The second kappa shape index (κ2) is 9.02. The molecule has 1 heterocycles. The second-order valence-electron chi connectivity index (χ2n) is 5.50. The van der Waals surface area contributed by atoms with Crippen molar-refractivity contribution in [3.05, 3.63) is 42.0 Å². The SMILES string of the molecule is CC[C@H](CO)Nc1cc(NS(C)(=O)=O)nc(SCc2ccccc2)n1. The summed E-state index contributed by atoms with van der Waals surface area (Å²) in [6.45, 7) is 1.90. The van der Waals surface area contributed by atoms with Crippen LogP contribution in [0.4, 0.5) is 11.6 Å². The Morgan fingerprint density at radius 1 is 1.20 bits per heavy atom. The third-order valence-corrected chi connectivity index (χ3v) is 4.77. The van der Waals surface area contributed by atoms with Gasteiger partial charge in [0.1, 0.15) is 11.6 Å². The molecule has 0 aliphatic carbocycles. The zero-order valence-electron chi connectivity index (χ0n) is 14.1. The Bertz CT molecular complexity index is 781. The number of benzene rings is 1. The lowest BCUT2D eigenvalue weighted by Crippen LogP contribution is -2.23. The van der Waals surface area contributed by atoms with E-state index >= 15 is 0 Å². The van der Waals surface area contributed by atoms with Gasteiger partial charge in [0.05, 0.1) is 18.9 Å². The van der Waals surface area contributed by atoms with Crippen LogP contribution in [0.3, 0.4) is 0 Å². The molecule has 0 saturated heterocycles. The summed E-state index contributed by atoms with van der Waals surface area (Å²) in [5.74, 6) is 1.33. The van der Waals surface area contributed by atoms with Crippen LogP contribution in [0.2, 0.25) is 0 Å². The second-order valence-corrected chi connectivity index (χ2v) is 8.19. The monoisotopic (exact) mass is 382 g/mol. The highest BCUT2D eigenvalue weighted by Gasteiger charge is 2.12. The number of nitrogens with one attached hydrogen (secondary N) is 2. The van der Waals surface area contributed by atoms with E-state index in [4.69, 9.17) is 0 Å². The van der Waals surface area contributed by atoms with Gasteiger partial charge < -0.3 is 10.4 Å². The predicted octanol–water partition coefficient (Wildman–Crippen LogP) is 2.32. The minimum absolute atomic E-state index is 0.0398. The first-order valence-corrected chi connectivity index (χ1v) is 10.7. The minimum atomic E-state index is -3.44. The standard InChI is InChI=1S/C16H22N4O3S2/c1-3-13(10-21)17-14-9-15(20-25(2,22)23)19-16(18-14)24-11-12-7-5-4-6-8-12/h4-9,13,21H,3,10-11H2,1-2H3,(H2,17,18,19,20)/t13-/m1/s1. The molecular weight excluding hydrogens is 360 g/mol. The van der Waals surface area contributed by atoms with Gasteiger partial charge in [-0.1, -0.05) is 49.0 Å². The largest absolute Gasteiger partial charge is 0.394 e. The quantitative estimate of drug-likeness (QED) is 0.451. The summed E-state index contributed by atoms with van der Waals surface area (Å²) in [5.41, 5.74) is 1.12. The lowest BCUT2D eigenvalue weighted by Gasteiger charge is -2.16. The van der Waals surface area contributed by atoms with Gasteiger partial charge in [-0.3, -0.25) is 4.72 Å². The number of aromatic nitrogens is 2. The zero-order valence-corrected chi connectivity index (χ0v) is 15.8. The topological polar surface area (TPSA) is 104 Å². The molecule has 0 fully saturated rings. The molecule has 7 nitrogen and oxygen atoms in total. The van der Waals surface area contributed by atoms with Crippen LogP contribution in [-0.4, -0.2) is 42.4 Å². The van der Waals surface area contributed by atoms with Crippen molar-refractivity contribution in [3.63, 3.8) is 0 Å². The van der Waals surface area contributed by atoms with Crippen molar-refractivity contribution in [1.82, 2.24) is 9.97 Å². The molecule has 0 spiro atoms. The van der Waals surface area contributed by atoms with E-state index in [9.17, 15) is 13.5 Å². The molecule has 1 aromatic heterocycles. The Morgan fingerprint density at radius 3 is 2.48 bits per heavy atom. The first-order valence-electron chi connectivity index (χ1n) is 7.80. The number of rotatable bonds is 9. The van der Waals surface area contributed by atoms with E-state index < -0.39 is 10.0 Å². The molecular formula is C16H22N4O3S2. The maximum absolute atomic E-state index is 11.5. The van der Waals surface area contributed by atoms with E-state index in [2.05, 4.69) is 20.0 Å². The molecule has 0 unspecified atom stereocenters. The summed E-state index contributed by atoms with van der Waals surface area (Å²) in [7, 11) is -3.44. The van der Waals surface area contributed by atoms with Crippen LogP contribution < -0.4 is 10.0 Å². The van der Waals surface area contributed by atoms with E-state index in [1.165, 1.54) is 17.8 Å². The van der Waals surface area contributed by atoms with Gasteiger partial charge >= 0.3 is 0 Å². The molecule has 0 radical (unpaired) electrons. The van der Waals surface area contributed by atoms with Crippen molar-refractivity contribution < 1.29 is 13.5 Å². The van der Waals surface area contributed by atoms with Gasteiger partial charge in [0.25, 0.3) is 0 Å². The number of hydrogen-bond acceptors (Lipinski definition) is 7. The maximum Gasteiger partial charge on any atom is 0.230 e. The van der Waals surface area contributed by atoms with Gasteiger partial charge in [-0.25, -0.2) is 18.4 Å². The third kappa shape index (κ3) is 6.89. The Hall–Kier alpha value is -1.84. The van der Waals surface area contributed by atoms with Crippen LogP contribution in [0.5, 0.6) is 0 Å². The smallest absolute Gasteiger partial charge is 0.230 e. The van der Waals surface area contributed by atoms with E-state index in [0.29, 0.717) is 23.1 Å². The molecule has 0 bridgehead atoms. The molecule has 2 aromatic rings. The number of hydrogen-bond donors (Lipinski definition) is 3. The van der Waals surface area contributed by atoms with E-state index in [1.807, 2.05) is 37.3 Å². The van der Waals surface area contributed by atoms with Gasteiger partial charge in [-0.15, -0.1) is 0 Å². The summed E-state index contributed by atoms with van der Waals surface area (Å²) >= 11 is 1.41. The lowest BCUT2D eigenvalue weighted by molar-refractivity contribution is 0.271. The number of aliphatic hydroxyl groups excluding tert-OH is 1. The fraction of sp³-hybridized carbons (Fsp3) is 0.375. The molecule has 9 heteroatoms. The lowest BCUT2D eigenvalue weighted by atomic mass is 10.2. The Kier molecular flexibility index (Phi) is 7.03. The fourth-order valence-corrected chi connectivity index (χ4v) is 3.31. The number of nitrogens with zero attached hydrogens (tertiary/aromatic N) is 2. The summed E-state index contributed by atoms with van der Waals surface area (Å²) in [5, 5.41) is 12.9. The fourth-order valence-electron chi connectivity index (χ4n) is 2.01. The van der Waals surface area contributed by atoms with Crippen LogP contribution in [0.25, 0.3) is 0 Å². The third-order valence-electron chi connectivity index (χ3n) is 3.27. The highest BCUT2D eigenvalue weighted by molar-refractivity contribution is 7.98. The van der Waals surface area contributed by atoms with E-state index in [-0.39, 0.29) is 18.5 Å². The van der Waals surface area contributed by atoms with Crippen molar-refractivity contribution in [2.75, 3.05) is 22.9 Å². The molecule has 2 rings (SSSR count). The van der Waals surface area contributed by atoms with Crippen LogP contribution in [0.1, 0.15) is 18.9 Å². The number of aliphatic hydroxyl groups is 1. The first kappa shape index (κ1) is 19.5. The summed E-state index contributed by atoms with van der Waals surface area (Å²) in [4.78, 5) is 8.66. The van der Waals surface area contributed by atoms with Crippen LogP contribution in [-0.2, 0) is 15.8 Å². The highest BCUT2D eigenvalue weighted by atomic mass is 32.2.